The van der Waals surface area contributed by atoms with Crippen LogP contribution in [0.1, 0.15) is 38.3 Å². The van der Waals surface area contributed by atoms with Gasteiger partial charge in [-0.1, -0.05) is 74.5 Å². The van der Waals surface area contributed by atoms with Crippen LogP contribution in [0.4, 0.5) is 4.79 Å². The van der Waals surface area contributed by atoms with E-state index in [4.69, 9.17) is 10.5 Å². The average Bonchev–Trinajstić information content (AvgIpc) is 2.82. The van der Waals surface area contributed by atoms with Crippen LogP contribution in [0.15, 0.2) is 60.7 Å². The van der Waals surface area contributed by atoms with Crippen LogP contribution < -0.4 is 21.7 Å². The van der Waals surface area contributed by atoms with Crippen LogP contribution in [0.25, 0.3) is 0 Å². The Morgan fingerprint density at radius 1 is 0.771 bits per heavy atom. The zero-order chi connectivity index (χ0) is 25.8. The third kappa shape index (κ3) is 9.87. The lowest BCUT2D eigenvalue weighted by molar-refractivity contribution is -0.131. The van der Waals surface area contributed by atoms with Gasteiger partial charge in [0.2, 0.25) is 17.7 Å². The molecule has 0 heterocycles. The van der Waals surface area contributed by atoms with Crippen LogP contribution >= 0.6 is 0 Å². The highest BCUT2D eigenvalue weighted by Gasteiger charge is 2.27. The summed E-state index contributed by atoms with van der Waals surface area (Å²) in [6.07, 6.45) is -0.158. The van der Waals surface area contributed by atoms with Crippen LogP contribution in [-0.2, 0) is 32.1 Å². The molecule has 0 radical (unpaired) electrons. The van der Waals surface area contributed by atoms with Crippen LogP contribution in [-0.4, -0.2) is 41.9 Å². The molecular weight excluding hydrogens is 448 g/mol. The Morgan fingerprint density at radius 2 is 1.34 bits per heavy atom. The molecule has 0 saturated heterocycles. The molecule has 2 aromatic carbocycles. The summed E-state index contributed by atoms with van der Waals surface area (Å²) < 4.78 is 5.22. The van der Waals surface area contributed by atoms with Crippen LogP contribution in [0.3, 0.4) is 0 Å². The van der Waals surface area contributed by atoms with E-state index in [2.05, 4.69) is 16.0 Å². The van der Waals surface area contributed by atoms with E-state index in [0.717, 1.165) is 11.1 Å². The summed E-state index contributed by atoms with van der Waals surface area (Å²) >= 11 is 0. The monoisotopic (exact) mass is 482 g/mol. The molecule has 0 spiro atoms. The molecule has 4 amide bonds. The van der Waals surface area contributed by atoms with E-state index in [-0.39, 0.29) is 18.9 Å². The fourth-order valence-corrected chi connectivity index (χ4v) is 3.36. The fourth-order valence-electron chi connectivity index (χ4n) is 3.36. The first kappa shape index (κ1) is 27.4. The van der Waals surface area contributed by atoms with E-state index < -0.39 is 41.9 Å². The maximum absolute atomic E-state index is 12.9. The zero-order valence-electron chi connectivity index (χ0n) is 20.3. The lowest BCUT2D eigenvalue weighted by atomic mass is 10.0. The summed E-state index contributed by atoms with van der Waals surface area (Å²) in [4.78, 5) is 49.7. The lowest BCUT2D eigenvalue weighted by Crippen LogP contribution is -2.56. The molecule has 9 heteroatoms. The number of rotatable bonds is 12. The molecule has 0 aromatic heterocycles. The van der Waals surface area contributed by atoms with Gasteiger partial charge in [0.15, 0.2) is 0 Å². The van der Waals surface area contributed by atoms with Crippen molar-refractivity contribution in [2.24, 2.45) is 11.7 Å². The highest BCUT2D eigenvalue weighted by Crippen LogP contribution is 2.08. The molecule has 3 atom stereocenters. The van der Waals surface area contributed by atoms with E-state index >= 15 is 0 Å². The Balaban J connectivity index is 1.93. The fraction of sp³-hybridized carbons (Fsp3) is 0.385. The Labute approximate surface area is 205 Å². The number of hydrogen-bond donors (Lipinski definition) is 4. The molecule has 35 heavy (non-hydrogen) atoms. The minimum absolute atomic E-state index is 0.0669. The van der Waals surface area contributed by atoms with Crippen molar-refractivity contribution in [2.75, 3.05) is 0 Å². The Hall–Kier alpha value is -3.88. The van der Waals surface area contributed by atoms with Crippen molar-refractivity contribution in [3.8, 4) is 0 Å². The summed E-state index contributed by atoms with van der Waals surface area (Å²) in [6, 6.07) is 15.5. The molecule has 9 nitrogen and oxygen atoms in total. The third-order valence-electron chi connectivity index (χ3n) is 5.22. The number of nitrogens with one attached hydrogen (secondary N) is 3. The largest absolute Gasteiger partial charge is 0.445 e. The van der Waals surface area contributed by atoms with Gasteiger partial charge in [0, 0.05) is 6.42 Å². The third-order valence-corrected chi connectivity index (χ3v) is 5.22. The summed E-state index contributed by atoms with van der Waals surface area (Å²) in [7, 11) is 0. The van der Waals surface area contributed by atoms with Gasteiger partial charge in [-0.15, -0.1) is 0 Å². The molecular formula is C26H34N4O5. The van der Waals surface area contributed by atoms with Crippen molar-refractivity contribution in [3.05, 3.63) is 71.8 Å². The quantitative estimate of drug-likeness (QED) is 0.367. The van der Waals surface area contributed by atoms with Crippen LogP contribution in [0.5, 0.6) is 0 Å². The number of amides is 4. The number of carbonyl (C=O) groups is 4. The van der Waals surface area contributed by atoms with E-state index in [1.807, 2.05) is 74.5 Å². The number of ether oxygens (including phenoxy) is 1. The molecule has 0 saturated carbocycles. The van der Waals surface area contributed by atoms with E-state index in [0.29, 0.717) is 6.42 Å². The van der Waals surface area contributed by atoms with Gasteiger partial charge in [0.25, 0.3) is 0 Å². The minimum Gasteiger partial charge on any atom is -0.445 e. The minimum atomic E-state index is -0.961. The lowest BCUT2D eigenvalue weighted by Gasteiger charge is -2.23. The van der Waals surface area contributed by atoms with Gasteiger partial charge in [0.05, 0.1) is 0 Å². The highest BCUT2D eigenvalue weighted by molar-refractivity contribution is 5.93. The second kappa shape index (κ2) is 13.7. The van der Waals surface area contributed by atoms with Crippen LogP contribution in [0, 0.1) is 5.92 Å². The Kier molecular flexibility index (Phi) is 10.7. The summed E-state index contributed by atoms with van der Waals surface area (Å²) in [5.74, 6) is -1.68. The number of nitrogens with two attached hydrogens (primary N) is 1. The van der Waals surface area contributed by atoms with E-state index in [9.17, 15) is 19.2 Å². The second-order valence-corrected chi connectivity index (χ2v) is 8.77. The molecule has 0 aliphatic rings. The van der Waals surface area contributed by atoms with Crippen molar-refractivity contribution in [1.82, 2.24) is 16.0 Å². The average molecular weight is 483 g/mol. The molecule has 3 unspecified atom stereocenters. The van der Waals surface area contributed by atoms with Crippen molar-refractivity contribution in [1.29, 1.82) is 0 Å². The first-order valence-electron chi connectivity index (χ1n) is 11.6. The number of primary amides is 1. The molecule has 0 bridgehead atoms. The van der Waals surface area contributed by atoms with Gasteiger partial charge in [-0.2, -0.15) is 0 Å². The SMILES string of the molecule is CC(C)CC(NC(=O)OCc1ccccc1)C(=O)NC(C)C(=O)NC(Cc1ccccc1)C(N)=O. The molecule has 5 N–H and O–H groups in total. The van der Waals surface area contributed by atoms with E-state index in [1.165, 1.54) is 6.92 Å². The first-order valence-corrected chi connectivity index (χ1v) is 11.6. The van der Waals surface area contributed by atoms with Gasteiger partial charge in [0.1, 0.15) is 24.7 Å². The topological polar surface area (TPSA) is 140 Å². The van der Waals surface area contributed by atoms with Gasteiger partial charge >= 0.3 is 6.09 Å². The van der Waals surface area contributed by atoms with E-state index in [1.54, 1.807) is 0 Å². The molecule has 188 valence electrons. The molecule has 2 aromatic rings. The van der Waals surface area contributed by atoms with Crippen molar-refractivity contribution < 1.29 is 23.9 Å². The van der Waals surface area contributed by atoms with Gasteiger partial charge in [-0.3, -0.25) is 14.4 Å². The molecule has 0 aliphatic heterocycles. The molecule has 2 rings (SSSR count). The normalized spacial score (nSPS) is 13.3. The van der Waals surface area contributed by atoms with Crippen molar-refractivity contribution >= 4 is 23.8 Å². The molecule has 0 fully saturated rings. The van der Waals surface area contributed by atoms with Crippen molar-refractivity contribution in [3.63, 3.8) is 0 Å². The number of benzene rings is 2. The predicted octanol–water partition coefficient (Wildman–Crippen LogP) is 2.04. The predicted molar refractivity (Wildman–Crippen MR) is 132 cm³/mol. The van der Waals surface area contributed by atoms with Gasteiger partial charge < -0.3 is 26.4 Å². The second-order valence-electron chi connectivity index (χ2n) is 8.77. The smallest absolute Gasteiger partial charge is 0.408 e. The van der Waals surface area contributed by atoms with Crippen molar-refractivity contribution in [2.45, 2.75) is 58.3 Å². The Bertz CT molecular complexity index is 982. The summed E-state index contributed by atoms with van der Waals surface area (Å²) in [5, 5.41) is 7.76. The van der Waals surface area contributed by atoms with Crippen LogP contribution in [0.2, 0.25) is 0 Å². The standard InChI is InChI=1S/C26H34N4O5/c1-17(2)14-22(30-26(34)35-16-20-12-8-5-9-13-20)25(33)28-18(3)24(32)29-21(23(27)31)15-19-10-6-4-7-11-19/h4-13,17-18,21-22H,14-16H2,1-3H3,(H2,27,31)(H,28,33)(H,29,32)(H,30,34). The maximum atomic E-state index is 12.9. The zero-order valence-corrected chi connectivity index (χ0v) is 20.3. The van der Waals surface area contributed by atoms with Gasteiger partial charge in [-0.25, -0.2) is 4.79 Å². The number of alkyl carbamates (subject to hydrolysis) is 1. The first-order chi connectivity index (χ1) is 16.7. The number of carbonyl (C=O) groups excluding carboxylic acids is 4. The summed E-state index contributed by atoms with van der Waals surface area (Å²) in [5.41, 5.74) is 7.11. The number of hydrogen-bond acceptors (Lipinski definition) is 5. The summed E-state index contributed by atoms with van der Waals surface area (Å²) in [6.45, 7) is 5.38. The highest BCUT2D eigenvalue weighted by atomic mass is 16.5. The Morgan fingerprint density at radius 3 is 1.89 bits per heavy atom. The maximum Gasteiger partial charge on any atom is 0.408 e. The molecule has 0 aliphatic carbocycles. The van der Waals surface area contributed by atoms with Gasteiger partial charge in [-0.05, 0) is 30.4 Å².